The highest BCUT2D eigenvalue weighted by atomic mass is 79.9. The lowest BCUT2D eigenvalue weighted by molar-refractivity contribution is 0.0697. The number of anilines is 1. The van der Waals surface area contributed by atoms with Crippen LogP contribution in [0.5, 0.6) is 0 Å². The van der Waals surface area contributed by atoms with Crippen LogP contribution in [0.15, 0.2) is 22.7 Å². The van der Waals surface area contributed by atoms with Gasteiger partial charge in [0.1, 0.15) is 0 Å². The molecule has 6 heteroatoms. The monoisotopic (exact) mass is 354 g/mol. The van der Waals surface area contributed by atoms with Crippen LogP contribution in [0.1, 0.15) is 42.5 Å². The summed E-state index contributed by atoms with van der Waals surface area (Å²) in [5.41, 5.74) is 0.642. The molecule has 1 aliphatic heterocycles. The maximum absolute atomic E-state index is 12.3. The summed E-state index contributed by atoms with van der Waals surface area (Å²) >= 11 is 3.33. The van der Waals surface area contributed by atoms with Gasteiger partial charge in [0, 0.05) is 17.6 Å². The molecule has 0 radical (unpaired) electrons. The number of aromatic carboxylic acids is 1. The lowest BCUT2D eigenvalue weighted by atomic mass is 10.1. The molecule has 0 aromatic heterocycles. The molecule has 0 aliphatic carbocycles. The molecule has 0 spiro atoms. The Bertz CT molecular complexity index is 526. The molecule has 2 N–H and O–H groups in total. The number of likely N-dealkylation sites (tertiary alicyclic amines) is 1. The molecule has 0 unspecified atom stereocenters. The van der Waals surface area contributed by atoms with E-state index in [1.807, 2.05) is 0 Å². The van der Waals surface area contributed by atoms with Crippen LogP contribution in [0.3, 0.4) is 0 Å². The Kier molecular flexibility index (Phi) is 5.61. The second kappa shape index (κ2) is 7.45. The van der Waals surface area contributed by atoms with Gasteiger partial charge in [0.25, 0.3) is 0 Å². The van der Waals surface area contributed by atoms with Crippen LogP contribution in [-0.2, 0) is 0 Å². The number of urea groups is 1. The van der Waals surface area contributed by atoms with Gasteiger partial charge in [-0.1, -0.05) is 19.3 Å². The molecule has 0 bridgehead atoms. The van der Waals surface area contributed by atoms with Crippen molar-refractivity contribution in [2.75, 3.05) is 18.4 Å². The first-order chi connectivity index (χ1) is 10.1. The number of hydrogen-bond acceptors (Lipinski definition) is 2. The molecule has 0 atom stereocenters. The number of carboxylic acids is 1. The standard InChI is InChI=1S/C15H19BrN2O3/c16-12-7-6-11(14(19)20)10-13(12)17-15(21)18-8-4-2-1-3-5-9-18/h6-7,10H,1-5,8-9H2,(H,17,21)(H,19,20). The van der Waals surface area contributed by atoms with Gasteiger partial charge in [-0.25, -0.2) is 9.59 Å². The average molecular weight is 355 g/mol. The summed E-state index contributed by atoms with van der Waals surface area (Å²) in [5, 5.41) is 11.8. The first kappa shape index (κ1) is 15.8. The van der Waals surface area contributed by atoms with Crippen molar-refractivity contribution in [1.82, 2.24) is 4.90 Å². The van der Waals surface area contributed by atoms with Crippen molar-refractivity contribution in [3.05, 3.63) is 28.2 Å². The number of rotatable bonds is 2. The van der Waals surface area contributed by atoms with Crippen molar-refractivity contribution in [3.8, 4) is 0 Å². The van der Waals surface area contributed by atoms with Gasteiger partial charge in [0.15, 0.2) is 0 Å². The number of hydrogen-bond donors (Lipinski definition) is 2. The van der Waals surface area contributed by atoms with E-state index in [1.54, 1.807) is 11.0 Å². The van der Waals surface area contributed by atoms with Gasteiger partial charge < -0.3 is 15.3 Å². The van der Waals surface area contributed by atoms with Gasteiger partial charge >= 0.3 is 12.0 Å². The van der Waals surface area contributed by atoms with Crippen LogP contribution >= 0.6 is 15.9 Å². The van der Waals surface area contributed by atoms with Gasteiger partial charge in [0.2, 0.25) is 0 Å². The minimum atomic E-state index is -1.01. The summed E-state index contributed by atoms with van der Waals surface area (Å²) in [5.74, 6) is -1.01. The molecule has 1 aromatic rings. The minimum absolute atomic E-state index is 0.154. The summed E-state index contributed by atoms with van der Waals surface area (Å²) < 4.78 is 0.674. The molecular formula is C15H19BrN2O3. The predicted octanol–water partition coefficient (Wildman–Crippen LogP) is 3.95. The molecular weight excluding hydrogens is 336 g/mol. The number of carbonyl (C=O) groups is 2. The average Bonchev–Trinajstić information content (AvgIpc) is 2.40. The third-order valence-electron chi connectivity index (χ3n) is 3.60. The van der Waals surface area contributed by atoms with E-state index in [0.717, 1.165) is 38.8 Å². The van der Waals surface area contributed by atoms with Crippen molar-refractivity contribution in [2.45, 2.75) is 32.1 Å². The maximum Gasteiger partial charge on any atom is 0.335 e. The Morgan fingerprint density at radius 2 is 1.71 bits per heavy atom. The van der Waals surface area contributed by atoms with Crippen LogP contribution in [0.25, 0.3) is 0 Å². The zero-order valence-electron chi connectivity index (χ0n) is 11.8. The van der Waals surface area contributed by atoms with Gasteiger partial charge in [-0.2, -0.15) is 0 Å². The molecule has 114 valence electrons. The van der Waals surface area contributed by atoms with Gasteiger partial charge in [0.05, 0.1) is 11.3 Å². The quantitative estimate of drug-likeness (QED) is 0.844. The zero-order chi connectivity index (χ0) is 15.2. The van der Waals surface area contributed by atoms with Crippen molar-refractivity contribution in [2.24, 2.45) is 0 Å². The van der Waals surface area contributed by atoms with E-state index in [2.05, 4.69) is 21.2 Å². The van der Waals surface area contributed by atoms with Crippen LogP contribution < -0.4 is 5.32 Å². The molecule has 1 heterocycles. The Morgan fingerprint density at radius 1 is 1.10 bits per heavy atom. The highest BCUT2D eigenvalue weighted by Gasteiger charge is 2.16. The predicted molar refractivity (Wildman–Crippen MR) is 84.8 cm³/mol. The molecule has 1 saturated heterocycles. The Morgan fingerprint density at radius 3 is 2.33 bits per heavy atom. The van der Waals surface area contributed by atoms with E-state index < -0.39 is 5.97 Å². The number of nitrogens with one attached hydrogen (secondary N) is 1. The number of carbonyl (C=O) groups excluding carboxylic acids is 1. The van der Waals surface area contributed by atoms with E-state index in [1.165, 1.54) is 18.6 Å². The summed E-state index contributed by atoms with van der Waals surface area (Å²) in [6.07, 6.45) is 5.58. The molecule has 0 saturated carbocycles. The lowest BCUT2D eigenvalue weighted by Crippen LogP contribution is -2.37. The fourth-order valence-corrected chi connectivity index (χ4v) is 2.74. The second-order valence-electron chi connectivity index (χ2n) is 5.18. The SMILES string of the molecule is O=C(O)c1ccc(Br)c(NC(=O)N2CCCCCCC2)c1. The molecule has 1 fully saturated rings. The van der Waals surface area contributed by atoms with E-state index in [9.17, 15) is 9.59 Å². The summed E-state index contributed by atoms with van der Waals surface area (Å²) in [4.78, 5) is 25.1. The molecule has 1 aliphatic rings. The summed E-state index contributed by atoms with van der Waals surface area (Å²) in [6.45, 7) is 1.50. The highest BCUT2D eigenvalue weighted by Crippen LogP contribution is 2.24. The van der Waals surface area contributed by atoms with E-state index in [-0.39, 0.29) is 11.6 Å². The molecule has 1 aromatic carbocycles. The highest BCUT2D eigenvalue weighted by molar-refractivity contribution is 9.10. The number of halogens is 1. The van der Waals surface area contributed by atoms with Crippen LogP contribution in [-0.4, -0.2) is 35.1 Å². The number of nitrogens with zero attached hydrogens (tertiary/aromatic N) is 1. The van der Waals surface area contributed by atoms with Crippen LogP contribution in [0.4, 0.5) is 10.5 Å². The number of amides is 2. The summed E-state index contributed by atoms with van der Waals surface area (Å²) in [7, 11) is 0. The molecule has 2 rings (SSSR count). The maximum atomic E-state index is 12.3. The van der Waals surface area contributed by atoms with E-state index >= 15 is 0 Å². The molecule has 5 nitrogen and oxygen atoms in total. The van der Waals surface area contributed by atoms with Gasteiger partial charge in [-0.3, -0.25) is 0 Å². The Balaban J connectivity index is 2.07. The summed E-state index contributed by atoms with van der Waals surface area (Å²) in [6, 6.07) is 4.43. The van der Waals surface area contributed by atoms with Crippen molar-refractivity contribution in [1.29, 1.82) is 0 Å². The van der Waals surface area contributed by atoms with Gasteiger partial charge in [-0.05, 0) is 47.0 Å². The van der Waals surface area contributed by atoms with Crippen molar-refractivity contribution < 1.29 is 14.7 Å². The first-order valence-electron chi connectivity index (χ1n) is 7.16. The van der Waals surface area contributed by atoms with Crippen LogP contribution in [0.2, 0.25) is 0 Å². The number of carboxylic acid groups (broad SMARTS) is 1. The number of benzene rings is 1. The van der Waals surface area contributed by atoms with Crippen molar-refractivity contribution >= 4 is 33.6 Å². The lowest BCUT2D eigenvalue weighted by Gasteiger charge is -2.25. The van der Waals surface area contributed by atoms with Crippen molar-refractivity contribution in [3.63, 3.8) is 0 Å². The fourth-order valence-electron chi connectivity index (χ4n) is 2.40. The van der Waals surface area contributed by atoms with E-state index in [0.29, 0.717) is 10.2 Å². The Labute approximate surface area is 132 Å². The zero-order valence-corrected chi connectivity index (χ0v) is 13.4. The van der Waals surface area contributed by atoms with Gasteiger partial charge in [-0.15, -0.1) is 0 Å². The topological polar surface area (TPSA) is 69.6 Å². The molecule has 21 heavy (non-hydrogen) atoms. The minimum Gasteiger partial charge on any atom is -0.478 e. The van der Waals surface area contributed by atoms with Crippen LogP contribution in [0, 0.1) is 0 Å². The van der Waals surface area contributed by atoms with E-state index in [4.69, 9.17) is 5.11 Å². The fraction of sp³-hybridized carbons (Fsp3) is 0.467. The third kappa shape index (κ3) is 4.46. The normalized spacial score (nSPS) is 16.0. The Hall–Kier alpha value is -1.56. The second-order valence-corrected chi connectivity index (χ2v) is 6.04. The molecule has 2 amide bonds. The largest absolute Gasteiger partial charge is 0.478 e. The smallest absolute Gasteiger partial charge is 0.335 e. The first-order valence-corrected chi connectivity index (χ1v) is 7.96. The third-order valence-corrected chi connectivity index (χ3v) is 4.29.